The van der Waals surface area contributed by atoms with Gasteiger partial charge in [-0.1, -0.05) is 5.16 Å². The molecule has 1 saturated heterocycles. The summed E-state index contributed by atoms with van der Waals surface area (Å²) in [6, 6.07) is 3.63. The van der Waals surface area contributed by atoms with E-state index in [1.54, 1.807) is 12.4 Å². The van der Waals surface area contributed by atoms with E-state index in [1.165, 1.54) is 0 Å². The van der Waals surface area contributed by atoms with Crippen LogP contribution in [0, 0.1) is 0 Å². The van der Waals surface area contributed by atoms with Crippen LogP contribution in [0.2, 0.25) is 0 Å². The average Bonchev–Trinajstić information content (AvgIpc) is 2.91. The minimum absolute atomic E-state index is 0.328. The fourth-order valence-electron chi connectivity index (χ4n) is 1.95. The van der Waals surface area contributed by atoms with E-state index < -0.39 is 5.60 Å². The van der Waals surface area contributed by atoms with Crippen LogP contribution in [0.25, 0.3) is 11.4 Å². The molecule has 1 fully saturated rings. The smallest absolute Gasteiger partial charge is 0.258 e. The first-order chi connectivity index (χ1) is 8.78. The molecule has 0 unspecified atom stereocenters. The van der Waals surface area contributed by atoms with Crippen LogP contribution in [0.4, 0.5) is 0 Å². The fraction of sp³-hybridized carbons (Fsp3) is 0.417. The molecule has 5 nitrogen and oxygen atoms in total. The monoisotopic (exact) mass is 263 g/mol. The third kappa shape index (κ3) is 2.13. The summed E-state index contributed by atoms with van der Waals surface area (Å²) in [5, 5.41) is 14.4. The number of hydrogen-bond donors (Lipinski definition) is 1. The van der Waals surface area contributed by atoms with Crippen molar-refractivity contribution in [3.8, 4) is 11.4 Å². The summed E-state index contributed by atoms with van der Waals surface area (Å²) in [5.41, 5.74) is -0.113. The van der Waals surface area contributed by atoms with E-state index in [-0.39, 0.29) is 0 Å². The molecule has 0 atom stereocenters. The van der Waals surface area contributed by atoms with Crippen molar-refractivity contribution in [1.29, 1.82) is 0 Å². The highest BCUT2D eigenvalue weighted by molar-refractivity contribution is 7.99. The second-order valence-electron chi connectivity index (χ2n) is 4.30. The highest BCUT2D eigenvalue weighted by Gasteiger charge is 2.37. The molecule has 1 aliphatic heterocycles. The Morgan fingerprint density at radius 2 is 1.94 bits per heavy atom. The minimum Gasteiger partial charge on any atom is -0.380 e. The molecule has 18 heavy (non-hydrogen) atoms. The summed E-state index contributed by atoms with van der Waals surface area (Å²) < 4.78 is 5.22. The topological polar surface area (TPSA) is 72.0 Å². The Hall–Kier alpha value is -1.40. The van der Waals surface area contributed by atoms with Crippen molar-refractivity contribution in [3.63, 3.8) is 0 Å². The van der Waals surface area contributed by atoms with E-state index >= 15 is 0 Å². The van der Waals surface area contributed by atoms with Crippen LogP contribution in [-0.2, 0) is 5.60 Å². The second kappa shape index (κ2) is 4.70. The van der Waals surface area contributed by atoms with Gasteiger partial charge in [0.15, 0.2) is 0 Å². The van der Waals surface area contributed by atoms with Crippen LogP contribution in [0.15, 0.2) is 29.0 Å². The van der Waals surface area contributed by atoms with Crippen LogP contribution >= 0.6 is 11.8 Å². The largest absolute Gasteiger partial charge is 0.380 e. The Labute approximate surface area is 109 Å². The van der Waals surface area contributed by atoms with E-state index in [4.69, 9.17) is 4.52 Å². The molecule has 0 bridgehead atoms. The lowest BCUT2D eigenvalue weighted by atomic mass is 9.97. The van der Waals surface area contributed by atoms with E-state index in [9.17, 15) is 5.11 Å². The zero-order valence-electron chi connectivity index (χ0n) is 9.74. The third-order valence-electron chi connectivity index (χ3n) is 3.08. The Bertz CT molecular complexity index is 523. The second-order valence-corrected chi connectivity index (χ2v) is 5.53. The number of nitrogens with zero attached hydrogens (tertiary/aromatic N) is 3. The van der Waals surface area contributed by atoms with Crippen LogP contribution < -0.4 is 0 Å². The molecule has 94 valence electrons. The predicted molar refractivity (Wildman–Crippen MR) is 68.0 cm³/mol. The van der Waals surface area contributed by atoms with Crippen LogP contribution in [0.3, 0.4) is 0 Å². The molecule has 1 N–H and O–H groups in total. The molecule has 3 rings (SSSR count). The van der Waals surface area contributed by atoms with Gasteiger partial charge in [0.25, 0.3) is 5.89 Å². The first kappa shape index (κ1) is 11.7. The molecule has 3 heterocycles. The van der Waals surface area contributed by atoms with Gasteiger partial charge in [-0.3, -0.25) is 4.98 Å². The summed E-state index contributed by atoms with van der Waals surface area (Å²) in [7, 11) is 0. The van der Waals surface area contributed by atoms with E-state index in [0.717, 1.165) is 17.1 Å². The Kier molecular flexibility index (Phi) is 3.05. The minimum atomic E-state index is -0.955. The average molecular weight is 263 g/mol. The van der Waals surface area contributed by atoms with Crippen LogP contribution in [0.5, 0.6) is 0 Å². The predicted octanol–water partition coefficient (Wildman–Crippen LogP) is 1.85. The molecule has 0 saturated carbocycles. The van der Waals surface area contributed by atoms with E-state index in [0.29, 0.717) is 24.6 Å². The van der Waals surface area contributed by atoms with E-state index in [1.807, 2.05) is 23.9 Å². The normalized spacial score (nSPS) is 18.7. The maximum Gasteiger partial charge on any atom is 0.258 e. The molecule has 2 aromatic heterocycles. The summed E-state index contributed by atoms with van der Waals surface area (Å²) in [5.74, 6) is 2.67. The molecule has 6 heteroatoms. The SMILES string of the molecule is OC1(c2nc(-c3ccncc3)no2)CCSCC1. The van der Waals surface area contributed by atoms with Gasteiger partial charge in [-0.15, -0.1) is 0 Å². The first-order valence-electron chi connectivity index (χ1n) is 5.83. The molecule has 0 spiro atoms. The van der Waals surface area contributed by atoms with Crippen molar-refractivity contribution in [2.24, 2.45) is 0 Å². The first-order valence-corrected chi connectivity index (χ1v) is 6.98. The molecule has 0 aromatic carbocycles. The zero-order valence-corrected chi connectivity index (χ0v) is 10.6. The van der Waals surface area contributed by atoms with Crippen LogP contribution in [0.1, 0.15) is 18.7 Å². The molecular formula is C12H13N3O2S. The Balaban J connectivity index is 1.89. The van der Waals surface area contributed by atoms with Crippen molar-refractivity contribution in [2.45, 2.75) is 18.4 Å². The quantitative estimate of drug-likeness (QED) is 0.891. The van der Waals surface area contributed by atoms with Crippen molar-refractivity contribution in [1.82, 2.24) is 15.1 Å². The summed E-state index contributed by atoms with van der Waals surface area (Å²) in [6.07, 6.45) is 4.68. The maximum atomic E-state index is 10.5. The number of pyridine rings is 1. The van der Waals surface area contributed by atoms with Crippen LogP contribution in [-0.4, -0.2) is 31.7 Å². The Morgan fingerprint density at radius 3 is 2.67 bits per heavy atom. The molecule has 2 aromatic rings. The molecule has 0 aliphatic carbocycles. The summed E-state index contributed by atoms with van der Waals surface area (Å²) in [4.78, 5) is 8.25. The molecule has 0 radical (unpaired) electrons. The Morgan fingerprint density at radius 1 is 1.22 bits per heavy atom. The standard InChI is InChI=1S/C12H13N3O2S/c16-12(3-7-18-8-4-12)11-14-10(15-17-11)9-1-5-13-6-2-9/h1-2,5-6,16H,3-4,7-8H2. The van der Waals surface area contributed by atoms with Gasteiger partial charge in [-0.05, 0) is 36.5 Å². The fourth-order valence-corrected chi connectivity index (χ4v) is 3.12. The number of rotatable bonds is 2. The lowest BCUT2D eigenvalue weighted by Gasteiger charge is -2.27. The van der Waals surface area contributed by atoms with Crippen molar-refractivity contribution >= 4 is 11.8 Å². The van der Waals surface area contributed by atoms with Crippen molar-refractivity contribution in [3.05, 3.63) is 30.4 Å². The van der Waals surface area contributed by atoms with Crippen molar-refractivity contribution < 1.29 is 9.63 Å². The lowest BCUT2D eigenvalue weighted by molar-refractivity contribution is -0.00351. The number of aliphatic hydroxyl groups is 1. The highest BCUT2D eigenvalue weighted by Crippen LogP contribution is 2.35. The maximum absolute atomic E-state index is 10.5. The third-order valence-corrected chi connectivity index (χ3v) is 4.07. The number of aromatic nitrogens is 3. The van der Waals surface area contributed by atoms with Gasteiger partial charge >= 0.3 is 0 Å². The van der Waals surface area contributed by atoms with Gasteiger partial charge in [0, 0.05) is 18.0 Å². The van der Waals surface area contributed by atoms with E-state index in [2.05, 4.69) is 15.1 Å². The number of thioether (sulfide) groups is 1. The van der Waals surface area contributed by atoms with Gasteiger partial charge in [0.05, 0.1) is 0 Å². The molecule has 1 aliphatic rings. The van der Waals surface area contributed by atoms with Gasteiger partial charge in [0.2, 0.25) is 5.82 Å². The van der Waals surface area contributed by atoms with Gasteiger partial charge in [-0.2, -0.15) is 16.7 Å². The summed E-state index contributed by atoms with van der Waals surface area (Å²) in [6.45, 7) is 0. The number of hydrogen-bond acceptors (Lipinski definition) is 6. The lowest BCUT2D eigenvalue weighted by Crippen LogP contribution is -2.30. The van der Waals surface area contributed by atoms with Gasteiger partial charge in [-0.25, -0.2) is 0 Å². The summed E-state index contributed by atoms with van der Waals surface area (Å²) >= 11 is 1.84. The zero-order chi connectivity index (χ0) is 12.4. The molecule has 0 amide bonds. The molecular weight excluding hydrogens is 250 g/mol. The highest BCUT2D eigenvalue weighted by atomic mass is 32.2. The van der Waals surface area contributed by atoms with Crippen molar-refractivity contribution in [2.75, 3.05) is 11.5 Å². The van der Waals surface area contributed by atoms with Gasteiger partial charge in [0.1, 0.15) is 5.60 Å². The van der Waals surface area contributed by atoms with Gasteiger partial charge < -0.3 is 9.63 Å².